The topological polar surface area (TPSA) is 49.7 Å². The maximum atomic E-state index is 4.82. The van der Waals surface area contributed by atoms with Gasteiger partial charge >= 0.3 is 0 Å². The normalized spacial score (nSPS) is 19.4. The van der Waals surface area contributed by atoms with E-state index in [0.29, 0.717) is 5.92 Å². The molecule has 1 saturated heterocycles. The van der Waals surface area contributed by atoms with Crippen LogP contribution in [-0.2, 0) is 6.54 Å². The van der Waals surface area contributed by atoms with E-state index in [1.54, 1.807) is 0 Å². The highest BCUT2D eigenvalue weighted by molar-refractivity contribution is 5.75. The van der Waals surface area contributed by atoms with Gasteiger partial charge in [-0.05, 0) is 50.1 Å². The summed E-state index contributed by atoms with van der Waals surface area (Å²) in [5, 5.41) is 4.29. The number of H-pyrrole nitrogens is 1. The summed E-state index contributed by atoms with van der Waals surface area (Å²) in [4.78, 5) is 10.9. The van der Waals surface area contributed by atoms with Gasteiger partial charge in [0, 0.05) is 31.4 Å². The Balaban J connectivity index is 1.45. The third-order valence-electron chi connectivity index (χ3n) is 4.75. The molecule has 1 fully saturated rings. The predicted octanol–water partition coefficient (Wildman–Crippen LogP) is 2.95. The van der Waals surface area contributed by atoms with Crippen molar-refractivity contribution in [3.05, 3.63) is 48.0 Å². The Morgan fingerprint density at radius 3 is 3.13 bits per heavy atom. The molecule has 0 aliphatic carbocycles. The summed E-state index contributed by atoms with van der Waals surface area (Å²) in [6, 6.07) is 8.41. The van der Waals surface area contributed by atoms with Crippen LogP contribution < -0.4 is 0 Å². The van der Waals surface area contributed by atoms with Crippen molar-refractivity contribution in [1.29, 1.82) is 0 Å². The Bertz CT molecular complexity index is 774. The maximum Gasteiger partial charge on any atom is 0.111 e. The summed E-state index contributed by atoms with van der Waals surface area (Å²) >= 11 is 0. The number of nitrogens with one attached hydrogen (secondary N) is 1. The number of hydrogen-bond acceptors (Lipinski definition) is 3. The van der Waals surface area contributed by atoms with Crippen LogP contribution in [0.15, 0.2) is 36.7 Å². The van der Waals surface area contributed by atoms with Gasteiger partial charge in [0.2, 0.25) is 0 Å². The number of hydrogen-bond donors (Lipinski definition) is 1. The minimum atomic E-state index is 0.508. The van der Waals surface area contributed by atoms with Gasteiger partial charge in [0.1, 0.15) is 5.82 Å². The van der Waals surface area contributed by atoms with E-state index < -0.39 is 0 Å². The predicted molar refractivity (Wildman–Crippen MR) is 91.5 cm³/mol. The van der Waals surface area contributed by atoms with E-state index in [4.69, 9.17) is 4.98 Å². The molecule has 0 bridgehead atoms. The average Bonchev–Trinajstić information content (AvgIpc) is 3.22. The van der Waals surface area contributed by atoms with Crippen molar-refractivity contribution in [1.82, 2.24) is 24.6 Å². The Morgan fingerprint density at radius 1 is 1.30 bits per heavy atom. The van der Waals surface area contributed by atoms with Gasteiger partial charge in [-0.2, -0.15) is 5.10 Å². The van der Waals surface area contributed by atoms with Crippen LogP contribution in [0.5, 0.6) is 0 Å². The van der Waals surface area contributed by atoms with E-state index in [1.807, 2.05) is 23.1 Å². The molecular weight excluding hydrogens is 286 g/mol. The fraction of sp³-hybridized carbons (Fsp3) is 0.444. The van der Waals surface area contributed by atoms with E-state index in [-0.39, 0.29) is 0 Å². The molecule has 5 nitrogen and oxygen atoms in total. The van der Waals surface area contributed by atoms with Crippen molar-refractivity contribution >= 4 is 11.0 Å². The fourth-order valence-corrected chi connectivity index (χ4v) is 3.49. The molecule has 1 atom stereocenters. The minimum Gasteiger partial charge on any atom is -0.342 e. The molecule has 23 heavy (non-hydrogen) atoms. The highest BCUT2D eigenvalue weighted by atomic mass is 15.3. The molecule has 120 valence electrons. The van der Waals surface area contributed by atoms with Crippen LogP contribution in [0.3, 0.4) is 0 Å². The Labute approximate surface area is 136 Å². The van der Waals surface area contributed by atoms with Gasteiger partial charge in [-0.1, -0.05) is 6.07 Å². The van der Waals surface area contributed by atoms with E-state index in [9.17, 15) is 0 Å². The van der Waals surface area contributed by atoms with Gasteiger partial charge in [-0.3, -0.25) is 4.68 Å². The first kappa shape index (κ1) is 14.5. The number of piperidine rings is 1. The van der Waals surface area contributed by atoms with Crippen molar-refractivity contribution in [2.24, 2.45) is 0 Å². The summed E-state index contributed by atoms with van der Waals surface area (Å²) in [6.45, 7) is 6.39. The molecule has 3 aromatic rings. The zero-order chi connectivity index (χ0) is 15.6. The number of benzene rings is 1. The number of imidazole rings is 1. The second kappa shape index (κ2) is 6.16. The van der Waals surface area contributed by atoms with Crippen LogP contribution in [0, 0.1) is 6.92 Å². The molecule has 0 radical (unpaired) electrons. The Morgan fingerprint density at radius 2 is 2.26 bits per heavy atom. The molecule has 5 heteroatoms. The van der Waals surface area contributed by atoms with Crippen molar-refractivity contribution in [3.63, 3.8) is 0 Å². The first-order valence-corrected chi connectivity index (χ1v) is 8.44. The van der Waals surface area contributed by atoms with Crippen LogP contribution in [0.25, 0.3) is 11.0 Å². The van der Waals surface area contributed by atoms with Crippen LogP contribution in [0.1, 0.15) is 30.1 Å². The summed E-state index contributed by atoms with van der Waals surface area (Å²) in [5.41, 5.74) is 3.52. The Kier molecular flexibility index (Phi) is 3.87. The third-order valence-corrected chi connectivity index (χ3v) is 4.75. The van der Waals surface area contributed by atoms with Gasteiger partial charge in [0.05, 0.1) is 17.6 Å². The minimum absolute atomic E-state index is 0.508. The molecule has 4 rings (SSSR count). The molecule has 0 saturated carbocycles. The summed E-state index contributed by atoms with van der Waals surface area (Å²) in [5.74, 6) is 1.66. The number of likely N-dealkylation sites (tertiary alicyclic amines) is 1. The highest BCUT2D eigenvalue weighted by Crippen LogP contribution is 2.27. The van der Waals surface area contributed by atoms with E-state index in [2.05, 4.69) is 40.1 Å². The third kappa shape index (κ3) is 3.15. The molecule has 1 unspecified atom stereocenters. The van der Waals surface area contributed by atoms with E-state index >= 15 is 0 Å². The summed E-state index contributed by atoms with van der Waals surface area (Å²) in [7, 11) is 0. The Hall–Kier alpha value is -2.14. The molecule has 3 heterocycles. The average molecular weight is 309 g/mol. The fourth-order valence-electron chi connectivity index (χ4n) is 3.49. The van der Waals surface area contributed by atoms with Gasteiger partial charge in [-0.15, -0.1) is 0 Å². The van der Waals surface area contributed by atoms with Crippen LogP contribution >= 0.6 is 0 Å². The molecule has 1 aliphatic rings. The molecule has 0 amide bonds. The first-order chi connectivity index (χ1) is 11.3. The SMILES string of the molecule is Cc1ccc2nc(C3CCCN(CCn4cccn4)C3)[nH]c2c1. The number of aromatic amines is 1. The van der Waals surface area contributed by atoms with Crippen LogP contribution in [0.2, 0.25) is 0 Å². The zero-order valence-electron chi connectivity index (χ0n) is 13.6. The number of rotatable bonds is 4. The lowest BCUT2D eigenvalue weighted by molar-refractivity contribution is 0.195. The molecule has 1 aliphatic heterocycles. The standard InChI is InChI=1S/C18H23N5/c1-14-5-6-16-17(12-14)21-18(20-16)15-4-2-8-22(13-15)10-11-23-9-3-7-19-23/h3,5-7,9,12,15H,2,4,8,10-11,13H2,1H3,(H,20,21). The molecule has 2 aromatic heterocycles. The van der Waals surface area contributed by atoms with Crippen molar-refractivity contribution in [3.8, 4) is 0 Å². The number of nitrogens with zero attached hydrogens (tertiary/aromatic N) is 4. The zero-order valence-corrected chi connectivity index (χ0v) is 13.6. The lowest BCUT2D eigenvalue weighted by Gasteiger charge is -2.31. The first-order valence-electron chi connectivity index (χ1n) is 8.44. The molecule has 1 N–H and O–H groups in total. The van der Waals surface area contributed by atoms with Crippen LogP contribution in [0.4, 0.5) is 0 Å². The van der Waals surface area contributed by atoms with Crippen LogP contribution in [-0.4, -0.2) is 44.3 Å². The summed E-state index contributed by atoms with van der Waals surface area (Å²) < 4.78 is 2.01. The maximum absolute atomic E-state index is 4.82. The summed E-state index contributed by atoms with van der Waals surface area (Å²) in [6.07, 6.45) is 6.33. The second-order valence-electron chi connectivity index (χ2n) is 6.55. The van der Waals surface area contributed by atoms with Gasteiger partial charge in [0.15, 0.2) is 0 Å². The quantitative estimate of drug-likeness (QED) is 0.806. The molecular formula is C18H23N5. The van der Waals surface area contributed by atoms with Crippen molar-refractivity contribution in [2.75, 3.05) is 19.6 Å². The number of aromatic nitrogens is 4. The van der Waals surface area contributed by atoms with Gasteiger partial charge in [-0.25, -0.2) is 4.98 Å². The lowest BCUT2D eigenvalue weighted by atomic mass is 9.97. The van der Waals surface area contributed by atoms with Gasteiger partial charge in [0.25, 0.3) is 0 Å². The number of fused-ring (bicyclic) bond motifs is 1. The highest BCUT2D eigenvalue weighted by Gasteiger charge is 2.23. The van der Waals surface area contributed by atoms with E-state index in [1.165, 1.54) is 24.9 Å². The van der Waals surface area contributed by atoms with Gasteiger partial charge < -0.3 is 9.88 Å². The van der Waals surface area contributed by atoms with Crippen molar-refractivity contribution in [2.45, 2.75) is 32.2 Å². The smallest absolute Gasteiger partial charge is 0.111 e. The lowest BCUT2D eigenvalue weighted by Crippen LogP contribution is -2.36. The monoisotopic (exact) mass is 309 g/mol. The van der Waals surface area contributed by atoms with Crippen molar-refractivity contribution < 1.29 is 0 Å². The second-order valence-corrected chi connectivity index (χ2v) is 6.55. The number of aryl methyl sites for hydroxylation is 1. The largest absolute Gasteiger partial charge is 0.342 e. The van der Waals surface area contributed by atoms with E-state index in [0.717, 1.165) is 36.5 Å². The molecule has 0 spiro atoms. The molecule has 1 aromatic carbocycles.